The maximum absolute atomic E-state index is 12.8. The molecule has 2 N–H and O–H groups in total. The molecule has 0 bridgehead atoms. The molecule has 0 saturated carbocycles. The Morgan fingerprint density at radius 3 is 2.48 bits per heavy atom. The van der Waals surface area contributed by atoms with E-state index in [0.29, 0.717) is 5.56 Å². The second kappa shape index (κ2) is 8.18. The molecule has 31 heavy (non-hydrogen) atoms. The molecule has 7 heteroatoms. The van der Waals surface area contributed by atoms with Crippen molar-refractivity contribution in [2.75, 3.05) is 28.6 Å². The summed E-state index contributed by atoms with van der Waals surface area (Å²) in [5, 5.41) is 5.91. The van der Waals surface area contributed by atoms with Gasteiger partial charge in [0.2, 0.25) is 11.9 Å². The molecule has 3 aromatic rings. The molecule has 0 unspecified atom stereocenters. The summed E-state index contributed by atoms with van der Waals surface area (Å²) in [5.41, 5.74) is 3.02. The summed E-state index contributed by atoms with van der Waals surface area (Å²) >= 11 is 0. The maximum atomic E-state index is 12.8. The molecular weight excluding hydrogens is 390 g/mol. The third-order valence-corrected chi connectivity index (χ3v) is 6.07. The Morgan fingerprint density at radius 2 is 1.74 bits per heavy atom. The number of nitrogens with one attached hydrogen (secondary N) is 2. The molecule has 0 spiro atoms. The third kappa shape index (κ3) is 3.86. The Morgan fingerprint density at radius 1 is 1.00 bits per heavy atom. The molecule has 1 atom stereocenters. The summed E-state index contributed by atoms with van der Waals surface area (Å²) < 4.78 is 0. The van der Waals surface area contributed by atoms with E-state index in [4.69, 9.17) is 0 Å². The fourth-order valence-corrected chi connectivity index (χ4v) is 4.51. The largest absolute Gasteiger partial charge is 0.341 e. The van der Waals surface area contributed by atoms with Crippen molar-refractivity contribution in [1.29, 1.82) is 0 Å². The molecule has 1 aromatic heterocycles. The van der Waals surface area contributed by atoms with Crippen LogP contribution in [-0.4, -0.2) is 34.9 Å². The van der Waals surface area contributed by atoms with Crippen LogP contribution in [0, 0.1) is 5.92 Å². The van der Waals surface area contributed by atoms with E-state index in [9.17, 15) is 9.59 Å². The zero-order valence-corrected chi connectivity index (χ0v) is 17.0. The number of para-hydroxylation sites is 1. The lowest BCUT2D eigenvalue weighted by atomic mass is 9.80. The van der Waals surface area contributed by atoms with Gasteiger partial charge in [-0.15, -0.1) is 0 Å². The molecule has 7 nitrogen and oxygen atoms in total. The van der Waals surface area contributed by atoms with Crippen LogP contribution in [0.25, 0.3) is 0 Å². The molecule has 156 valence electrons. The molecule has 0 aliphatic carbocycles. The van der Waals surface area contributed by atoms with Crippen molar-refractivity contribution in [2.45, 2.75) is 18.8 Å². The Bertz CT molecular complexity index is 1100. The smallest absolute Gasteiger partial charge is 0.255 e. The van der Waals surface area contributed by atoms with Crippen molar-refractivity contribution < 1.29 is 9.59 Å². The van der Waals surface area contributed by atoms with E-state index >= 15 is 0 Å². The number of hydrogen-bond donors (Lipinski definition) is 2. The number of aromatic nitrogens is 2. The second-order valence-corrected chi connectivity index (χ2v) is 7.96. The average molecular weight is 413 g/mol. The number of anilines is 3. The molecule has 2 aliphatic heterocycles. The fourth-order valence-electron chi connectivity index (χ4n) is 4.51. The van der Waals surface area contributed by atoms with Gasteiger partial charge in [-0.2, -0.15) is 0 Å². The summed E-state index contributed by atoms with van der Waals surface area (Å²) in [7, 11) is 0. The van der Waals surface area contributed by atoms with Crippen LogP contribution in [0.2, 0.25) is 0 Å². The van der Waals surface area contributed by atoms with Crippen LogP contribution in [0.1, 0.15) is 34.7 Å². The lowest BCUT2D eigenvalue weighted by Crippen LogP contribution is -2.37. The number of rotatable bonds is 4. The van der Waals surface area contributed by atoms with Crippen LogP contribution in [0.3, 0.4) is 0 Å². The second-order valence-electron chi connectivity index (χ2n) is 7.96. The zero-order chi connectivity index (χ0) is 21.2. The first-order valence-corrected chi connectivity index (χ1v) is 10.5. The standard InChI is InChI=1S/C24H23N5O2/c30-22(27-18-5-2-1-3-6-18)17-7-8-20-19(15-17)21(23(31)28-20)16-9-13-29(14-10-16)24-25-11-4-12-26-24/h1-8,11-12,15-16,21H,9-10,13-14H2,(H,27,30)(H,28,31)/t21-/m1/s1. The Kier molecular flexibility index (Phi) is 5.08. The van der Waals surface area contributed by atoms with Crippen molar-refractivity contribution in [3.8, 4) is 0 Å². The van der Waals surface area contributed by atoms with Gasteiger partial charge in [0.1, 0.15) is 0 Å². The molecule has 5 rings (SSSR count). The highest BCUT2D eigenvalue weighted by molar-refractivity contribution is 6.07. The average Bonchev–Trinajstić information content (AvgIpc) is 3.15. The highest BCUT2D eigenvalue weighted by atomic mass is 16.2. The van der Waals surface area contributed by atoms with Gasteiger partial charge in [-0.25, -0.2) is 9.97 Å². The minimum Gasteiger partial charge on any atom is -0.341 e. The number of amides is 2. The van der Waals surface area contributed by atoms with Gasteiger partial charge in [-0.05, 0) is 60.7 Å². The van der Waals surface area contributed by atoms with E-state index in [1.807, 2.05) is 48.5 Å². The van der Waals surface area contributed by atoms with E-state index < -0.39 is 0 Å². The van der Waals surface area contributed by atoms with Crippen molar-refractivity contribution in [3.63, 3.8) is 0 Å². The third-order valence-electron chi connectivity index (χ3n) is 6.07. The number of fused-ring (bicyclic) bond motifs is 1. The lowest BCUT2D eigenvalue weighted by molar-refractivity contribution is -0.118. The van der Waals surface area contributed by atoms with Crippen molar-refractivity contribution in [2.24, 2.45) is 5.92 Å². The molecule has 2 aromatic carbocycles. The van der Waals surface area contributed by atoms with Crippen LogP contribution in [-0.2, 0) is 4.79 Å². The maximum Gasteiger partial charge on any atom is 0.255 e. The number of hydrogen-bond acceptors (Lipinski definition) is 5. The monoisotopic (exact) mass is 413 g/mol. The summed E-state index contributed by atoms with van der Waals surface area (Å²) in [5.74, 6) is 0.553. The molecule has 1 fully saturated rings. The number of benzene rings is 2. The summed E-state index contributed by atoms with van der Waals surface area (Å²) in [6.45, 7) is 1.62. The number of nitrogens with zero attached hydrogens (tertiary/aromatic N) is 3. The summed E-state index contributed by atoms with van der Waals surface area (Å²) in [6.07, 6.45) is 5.24. The van der Waals surface area contributed by atoms with Crippen LogP contribution in [0.4, 0.5) is 17.3 Å². The van der Waals surface area contributed by atoms with Crippen LogP contribution in [0.15, 0.2) is 67.0 Å². The predicted octanol–water partition coefficient (Wildman–Crippen LogP) is 3.68. The normalized spacial score (nSPS) is 18.4. The molecule has 1 saturated heterocycles. The van der Waals surface area contributed by atoms with E-state index in [2.05, 4.69) is 25.5 Å². The molecular formula is C24H23N5O2. The van der Waals surface area contributed by atoms with E-state index in [1.54, 1.807) is 18.5 Å². The van der Waals surface area contributed by atoms with Crippen molar-refractivity contribution in [3.05, 3.63) is 78.1 Å². The highest BCUT2D eigenvalue weighted by Gasteiger charge is 2.39. The summed E-state index contributed by atoms with van der Waals surface area (Å²) in [6, 6.07) is 16.6. The minimum absolute atomic E-state index is 0.0185. The minimum atomic E-state index is -0.238. The van der Waals surface area contributed by atoms with Crippen LogP contribution < -0.4 is 15.5 Å². The first-order chi connectivity index (χ1) is 15.2. The van der Waals surface area contributed by atoms with Gasteiger partial charge in [-0.1, -0.05) is 18.2 Å². The van der Waals surface area contributed by atoms with Gasteiger partial charge in [0.25, 0.3) is 5.91 Å². The lowest BCUT2D eigenvalue weighted by Gasteiger charge is -2.34. The Labute approximate surface area is 180 Å². The van der Waals surface area contributed by atoms with E-state index in [-0.39, 0.29) is 23.7 Å². The first kappa shape index (κ1) is 19.2. The Balaban J connectivity index is 1.32. The van der Waals surface area contributed by atoms with Crippen LogP contribution in [0.5, 0.6) is 0 Å². The Hall–Kier alpha value is -3.74. The molecule has 2 amide bonds. The van der Waals surface area contributed by atoms with Crippen molar-refractivity contribution >= 4 is 29.1 Å². The van der Waals surface area contributed by atoms with Gasteiger partial charge in [0.15, 0.2) is 0 Å². The summed E-state index contributed by atoms with van der Waals surface area (Å²) in [4.78, 5) is 36.4. The van der Waals surface area contributed by atoms with E-state index in [1.165, 1.54) is 0 Å². The molecule has 0 radical (unpaired) electrons. The predicted molar refractivity (Wildman–Crippen MR) is 119 cm³/mol. The zero-order valence-electron chi connectivity index (χ0n) is 17.0. The topological polar surface area (TPSA) is 87.2 Å². The van der Waals surface area contributed by atoms with E-state index in [0.717, 1.165) is 48.8 Å². The number of carbonyl (C=O) groups excluding carboxylic acids is 2. The first-order valence-electron chi connectivity index (χ1n) is 10.5. The van der Waals surface area contributed by atoms with Gasteiger partial charge in [0.05, 0.1) is 5.92 Å². The van der Waals surface area contributed by atoms with Gasteiger partial charge >= 0.3 is 0 Å². The quantitative estimate of drug-likeness (QED) is 0.681. The fraction of sp³-hybridized carbons (Fsp3) is 0.250. The SMILES string of the molecule is O=C(Nc1ccccc1)c1ccc2c(c1)[C@@H](C1CCN(c3ncccn3)CC1)C(=O)N2. The number of carbonyl (C=O) groups is 2. The van der Waals surface area contributed by atoms with Crippen molar-refractivity contribution in [1.82, 2.24) is 9.97 Å². The molecule has 3 heterocycles. The van der Waals surface area contributed by atoms with Gasteiger partial charge in [-0.3, -0.25) is 9.59 Å². The van der Waals surface area contributed by atoms with Gasteiger partial charge < -0.3 is 15.5 Å². The highest BCUT2D eigenvalue weighted by Crippen LogP contribution is 2.42. The van der Waals surface area contributed by atoms with Gasteiger partial charge in [0, 0.05) is 42.4 Å². The number of piperidine rings is 1. The molecule has 2 aliphatic rings. The van der Waals surface area contributed by atoms with Crippen LogP contribution >= 0.6 is 0 Å².